The third kappa shape index (κ3) is 3.17. The number of hydrogen-bond donors (Lipinski definition) is 1. The van der Waals surface area contributed by atoms with Crippen molar-refractivity contribution in [2.75, 3.05) is 24.5 Å². The maximum atomic E-state index is 9.33. The van der Waals surface area contributed by atoms with Crippen LogP contribution in [0.4, 0.5) is 5.82 Å². The Hall–Kier alpha value is -3.76. The highest BCUT2D eigenvalue weighted by Crippen LogP contribution is 2.30. The molecular weight excluding hydrogens is 374 g/mol. The van der Waals surface area contributed by atoms with Gasteiger partial charge in [-0.1, -0.05) is 12.1 Å². The number of piperazine rings is 1. The van der Waals surface area contributed by atoms with E-state index in [1.165, 1.54) is 0 Å². The largest absolute Gasteiger partial charge is 0.351 e. The van der Waals surface area contributed by atoms with Gasteiger partial charge in [0.05, 0.1) is 17.3 Å². The van der Waals surface area contributed by atoms with Crippen molar-refractivity contribution in [3.05, 3.63) is 66.5 Å². The minimum atomic E-state index is 0.368. The van der Waals surface area contributed by atoms with E-state index in [4.69, 9.17) is 9.97 Å². The first-order valence-electron chi connectivity index (χ1n) is 10.0. The first-order valence-corrected chi connectivity index (χ1v) is 10.0. The molecule has 5 rings (SSSR count). The van der Waals surface area contributed by atoms with Gasteiger partial charge in [-0.25, -0.2) is 9.97 Å². The molecule has 7 nitrogen and oxygen atoms in total. The summed E-state index contributed by atoms with van der Waals surface area (Å²) in [7, 11) is 0. The van der Waals surface area contributed by atoms with Crippen LogP contribution in [0, 0.1) is 11.3 Å². The van der Waals surface area contributed by atoms with Gasteiger partial charge in [0, 0.05) is 43.6 Å². The van der Waals surface area contributed by atoms with Crippen LogP contribution in [0.5, 0.6) is 0 Å². The zero-order chi connectivity index (χ0) is 20.5. The zero-order valence-corrected chi connectivity index (χ0v) is 16.7. The lowest BCUT2D eigenvalue weighted by atomic mass is 10.1. The fourth-order valence-corrected chi connectivity index (χ4v) is 3.95. The molecule has 0 amide bonds. The van der Waals surface area contributed by atoms with Crippen LogP contribution in [0.2, 0.25) is 0 Å². The number of imidazole rings is 1. The van der Waals surface area contributed by atoms with Gasteiger partial charge in [-0.15, -0.1) is 0 Å². The lowest BCUT2D eigenvalue weighted by Gasteiger charge is -2.34. The summed E-state index contributed by atoms with van der Waals surface area (Å²) in [6.07, 6.45) is 3.53. The maximum Gasteiger partial charge on any atom is 0.167 e. The molecule has 30 heavy (non-hydrogen) atoms. The number of fused-ring (bicyclic) bond motifs is 1. The number of rotatable bonds is 3. The van der Waals surface area contributed by atoms with E-state index in [-0.39, 0.29) is 0 Å². The van der Waals surface area contributed by atoms with E-state index in [9.17, 15) is 5.26 Å². The van der Waals surface area contributed by atoms with Gasteiger partial charge in [-0.05, 0) is 43.3 Å². The quantitative estimate of drug-likeness (QED) is 0.574. The molecule has 0 aliphatic carbocycles. The lowest BCUT2D eigenvalue weighted by molar-refractivity contribution is 0.497. The van der Waals surface area contributed by atoms with Crippen molar-refractivity contribution in [3.8, 4) is 23.1 Å². The number of aromatic nitrogens is 4. The van der Waals surface area contributed by atoms with Crippen LogP contribution >= 0.6 is 0 Å². The van der Waals surface area contributed by atoms with Crippen molar-refractivity contribution in [3.63, 3.8) is 0 Å². The SMILES string of the molecule is C[C@@H]1CNCCN1c1ccc2nc(-c3cccc(C#N)c3)n(-c3ccncc3)c2n1. The maximum absolute atomic E-state index is 9.33. The Morgan fingerprint density at radius 2 is 1.97 bits per heavy atom. The van der Waals surface area contributed by atoms with Crippen LogP contribution in [0.15, 0.2) is 60.9 Å². The van der Waals surface area contributed by atoms with Crippen LogP contribution in [0.25, 0.3) is 28.2 Å². The van der Waals surface area contributed by atoms with Crippen molar-refractivity contribution in [2.24, 2.45) is 0 Å². The van der Waals surface area contributed by atoms with E-state index in [1.807, 2.05) is 47.0 Å². The number of nitrogens with one attached hydrogen (secondary N) is 1. The van der Waals surface area contributed by atoms with Gasteiger partial charge in [0.2, 0.25) is 0 Å². The molecule has 0 spiro atoms. The fourth-order valence-electron chi connectivity index (χ4n) is 3.95. The number of hydrogen-bond acceptors (Lipinski definition) is 6. The molecule has 3 aromatic heterocycles. The Labute approximate surface area is 174 Å². The fraction of sp³-hybridized carbons (Fsp3) is 0.217. The molecule has 7 heteroatoms. The third-order valence-corrected chi connectivity index (χ3v) is 5.46. The van der Waals surface area contributed by atoms with E-state index >= 15 is 0 Å². The summed E-state index contributed by atoms with van der Waals surface area (Å²) >= 11 is 0. The molecule has 0 radical (unpaired) electrons. The molecule has 1 N–H and O–H groups in total. The molecule has 4 aromatic rings. The van der Waals surface area contributed by atoms with Gasteiger partial charge in [-0.2, -0.15) is 5.26 Å². The second kappa shape index (κ2) is 7.58. The van der Waals surface area contributed by atoms with Crippen LogP contribution < -0.4 is 10.2 Å². The van der Waals surface area contributed by atoms with Gasteiger partial charge >= 0.3 is 0 Å². The second-order valence-corrected chi connectivity index (χ2v) is 7.43. The summed E-state index contributed by atoms with van der Waals surface area (Å²) in [5, 5.41) is 12.8. The monoisotopic (exact) mass is 395 g/mol. The normalized spacial score (nSPS) is 16.5. The van der Waals surface area contributed by atoms with Crippen LogP contribution in [-0.4, -0.2) is 45.2 Å². The number of nitriles is 1. The number of anilines is 1. The van der Waals surface area contributed by atoms with E-state index in [0.717, 1.165) is 53.7 Å². The molecule has 0 bridgehead atoms. The molecule has 0 unspecified atom stereocenters. The summed E-state index contributed by atoms with van der Waals surface area (Å²) in [5.74, 6) is 1.70. The molecule has 4 heterocycles. The molecule has 1 aromatic carbocycles. The van der Waals surface area contributed by atoms with Crippen molar-refractivity contribution in [2.45, 2.75) is 13.0 Å². The number of benzene rings is 1. The standard InChI is InChI=1S/C23H21N7/c1-16-15-26-11-12-29(16)21-6-5-20-23(28-21)30(19-7-9-25-10-8-19)22(27-20)18-4-2-3-17(13-18)14-24/h2-10,13,16,26H,11-12,15H2,1H3/t16-/m1/s1. The lowest BCUT2D eigenvalue weighted by Crippen LogP contribution is -2.50. The number of nitrogens with zero attached hydrogens (tertiary/aromatic N) is 6. The van der Waals surface area contributed by atoms with Crippen LogP contribution in [-0.2, 0) is 0 Å². The smallest absolute Gasteiger partial charge is 0.167 e. The predicted molar refractivity (Wildman–Crippen MR) is 116 cm³/mol. The van der Waals surface area contributed by atoms with Crippen molar-refractivity contribution in [1.82, 2.24) is 24.8 Å². The Morgan fingerprint density at radius 3 is 2.77 bits per heavy atom. The molecule has 1 atom stereocenters. The second-order valence-electron chi connectivity index (χ2n) is 7.43. The summed E-state index contributed by atoms with van der Waals surface area (Å²) < 4.78 is 2.05. The molecule has 148 valence electrons. The molecule has 1 aliphatic heterocycles. The minimum absolute atomic E-state index is 0.368. The zero-order valence-electron chi connectivity index (χ0n) is 16.7. The van der Waals surface area contributed by atoms with Gasteiger partial charge in [0.1, 0.15) is 17.2 Å². The predicted octanol–water partition coefficient (Wildman–Crippen LogP) is 3.15. The van der Waals surface area contributed by atoms with Crippen LogP contribution in [0.3, 0.4) is 0 Å². The molecule has 1 fully saturated rings. The number of pyridine rings is 2. The van der Waals surface area contributed by atoms with Gasteiger partial charge < -0.3 is 10.2 Å². The highest BCUT2D eigenvalue weighted by atomic mass is 15.3. The van der Waals surface area contributed by atoms with E-state index in [2.05, 4.69) is 28.2 Å². The Kier molecular flexibility index (Phi) is 4.62. The Morgan fingerprint density at radius 1 is 1.10 bits per heavy atom. The van der Waals surface area contributed by atoms with E-state index in [0.29, 0.717) is 11.6 Å². The average molecular weight is 395 g/mol. The third-order valence-electron chi connectivity index (χ3n) is 5.46. The first-order chi connectivity index (χ1) is 14.7. The Bertz CT molecular complexity index is 1240. The highest BCUT2D eigenvalue weighted by molar-refractivity contribution is 5.81. The molecular formula is C23H21N7. The van der Waals surface area contributed by atoms with Gasteiger partial charge in [-0.3, -0.25) is 9.55 Å². The van der Waals surface area contributed by atoms with Gasteiger partial charge in [0.25, 0.3) is 0 Å². The topological polar surface area (TPSA) is 82.7 Å². The molecule has 1 saturated heterocycles. The van der Waals surface area contributed by atoms with Crippen LogP contribution in [0.1, 0.15) is 12.5 Å². The summed E-state index contributed by atoms with van der Waals surface area (Å²) in [6, 6.07) is 18.1. The van der Waals surface area contributed by atoms with E-state index < -0.39 is 0 Å². The van der Waals surface area contributed by atoms with Crippen molar-refractivity contribution >= 4 is 17.0 Å². The van der Waals surface area contributed by atoms with E-state index in [1.54, 1.807) is 18.5 Å². The minimum Gasteiger partial charge on any atom is -0.351 e. The first kappa shape index (κ1) is 18.3. The molecule has 1 aliphatic rings. The Balaban J connectivity index is 1.73. The van der Waals surface area contributed by atoms with Gasteiger partial charge in [0.15, 0.2) is 5.65 Å². The summed E-state index contributed by atoms with van der Waals surface area (Å²) in [5.41, 5.74) is 4.02. The van der Waals surface area contributed by atoms with Crippen molar-refractivity contribution in [1.29, 1.82) is 5.26 Å². The summed E-state index contributed by atoms with van der Waals surface area (Å²) in [6.45, 7) is 5.01. The average Bonchev–Trinajstić information content (AvgIpc) is 3.19. The summed E-state index contributed by atoms with van der Waals surface area (Å²) in [4.78, 5) is 16.4. The highest BCUT2D eigenvalue weighted by Gasteiger charge is 2.22. The molecule has 0 saturated carbocycles. The van der Waals surface area contributed by atoms with Crippen molar-refractivity contribution < 1.29 is 0 Å².